The molecule has 0 spiro atoms. The smallest absolute Gasteiger partial charge is 0.416 e. The monoisotopic (exact) mass is 394 g/mol. The fourth-order valence-electron chi connectivity index (χ4n) is 2.62. The summed E-state index contributed by atoms with van der Waals surface area (Å²) in [7, 11) is 0. The van der Waals surface area contributed by atoms with Crippen LogP contribution in [0.1, 0.15) is 23.6 Å². The number of hydrogen-bond donors (Lipinski definition) is 2. The zero-order chi connectivity index (χ0) is 19.6. The van der Waals surface area contributed by atoms with Gasteiger partial charge in [0.15, 0.2) is 0 Å². The van der Waals surface area contributed by atoms with Crippen LogP contribution < -0.4 is 5.32 Å². The van der Waals surface area contributed by atoms with E-state index in [0.717, 1.165) is 22.7 Å². The second-order valence-electron chi connectivity index (χ2n) is 6.17. The van der Waals surface area contributed by atoms with E-state index >= 15 is 0 Å². The topological polar surface area (TPSA) is 61.7 Å². The Morgan fingerprint density at radius 2 is 1.78 bits per heavy atom. The largest absolute Gasteiger partial charge is 0.508 e. The summed E-state index contributed by atoms with van der Waals surface area (Å²) in [6.45, 7) is 1.98. The van der Waals surface area contributed by atoms with Crippen LogP contribution in [0, 0.1) is 0 Å². The molecule has 0 bridgehead atoms. The maximum atomic E-state index is 12.6. The van der Waals surface area contributed by atoms with Crippen molar-refractivity contribution >= 4 is 22.7 Å². The van der Waals surface area contributed by atoms with Crippen molar-refractivity contribution in [3.8, 4) is 5.75 Å². The zero-order valence-corrected chi connectivity index (χ0v) is 15.1. The summed E-state index contributed by atoms with van der Waals surface area (Å²) in [6.07, 6.45) is -4.38. The molecule has 1 heterocycles. The van der Waals surface area contributed by atoms with Crippen molar-refractivity contribution < 1.29 is 23.1 Å². The van der Waals surface area contributed by atoms with Gasteiger partial charge in [-0.15, -0.1) is 0 Å². The first kappa shape index (κ1) is 19.3. The van der Waals surface area contributed by atoms with E-state index in [2.05, 4.69) is 10.3 Å². The van der Waals surface area contributed by atoms with Gasteiger partial charge in [-0.05, 0) is 48.9 Å². The lowest BCUT2D eigenvalue weighted by molar-refractivity contribution is -0.137. The number of aromatic hydroxyl groups is 1. The lowest BCUT2D eigenvalue weighted by Gasteiger charge is -2.14. The van der Waals surface area contributed by atoms with Crippen molar-refractivity contribution in [2.45, 2.75) is 30.9 Å². The second kappa shape index (κ2) is 7.64. The van der Waals surface area contributed by atoms with Gasteiger partial charge in [0, 0.05) is 12.1 Å². The number of carbonyl (C=O) groups is 1. The minimum absolute atomic E-state index is 0.148. The lowest BCUT2D eigenvalue weighted by atomic mass is 10.1. The molecule has 27 heavy (non-hydrogen) atoms. The van der Waals surface area contributed by atoms with Crippen LogP contribution >= 0.6 is 11.8 Å². The molecule has 142 valence electrons. The molecule has 2 unspecified atom stereocenters. The number of nitrogens with one attached hydrogen (secondary N) is 1. The molecule has 0 aromatic heterocycles. The lowest BCUT2D eigenvalue weighted by Crippen LogP contribution is -2.36. The molecule has 2 N–H and O–H groups in total. The van der Waals surface area contributed by atoms with Gasteiger partial charge < -0.3 is 10.4 Å². The van der Waals surface area contributed by atoms with Crippen LogP contribution in [0.15, 0.2) is 53.5 Å². The molecule has 0 saturated carbocycles. The number of halogens is 3. The molecular weight excluding hydrogens is 377 g/mol. The Morgan fingerprint density at radius 3 is 2.37 bits per heavy atom. The Bertz CT molecular complexity index is 849. The van der Waals surface area contributed by atoms with Crippen molar-refractivity contribution in [3.63, 3.8) is 0 Å². The first-order chi connectivity index (χ1) is 12.7. The second-order valence-corrected chi connectivity index (χ2v) is 7.30. The third kappa shape index (κ3) is 4.63. The minimum Gasteiger partial charge on any atom is -0.508 e. The number of carbonyl (C=O) groups excluding carboxylic acids is 1. The number of thioether (sulfide) groups is 1. The average Bonchev–Trinajstić information content (AvgIpc) is 3.02. The Kier molecular flexibility index (Phi) is 5.46. The Labute approximate surface area is 158 Å². The van der Waals surface area contributed by atoms with Crippen molar-refractivity contribution in [1.82, 2.24) is 5.32 Å². The molecule has 0 radical (unpaired) electrons. The van der Waals surface area contributed by atoms with Gasteiger partial charge in [-0.2, -0.15) is 13.2 Å². The van der Waals surface area contributed by atoms with Crippen molar-refractivity contribution in [2.24, 2.45) is 4.99 Å². The summed E-state index contributed by atoms with van der Waals surface area (Å²) in [5.74, 6) is -0.0637. The molecule has 0 aliphatic carbocycles. The standard InChI is InChI=1S/C19H17F3N2O2S/c1-11-16(27-18(24-11)13-4-8-15(25)9-5-13)17(26)23-10-12-2-6-14(7-3-12)19(20,21)22/h2-9,11,16,25H,10H2,1H3,(H,23,26). The molecule has 2 aromatic carbocycles. The predicted octanol–water partition coefficient (Wildman–Crippen LogP) is 3.98. The molecule has 8 heteroatoms. The highest BCUT2D eigenvalue weighted by Gasteiger charge is 2.33. The number of alkyl halides is 3. The highest BCUT2D eigenvalue weighted by atomic mass is 32.2. The van der Waals surface area contributed by atoms with Gasteiger partial charge in [-0.1, -0.05) is 23.9 Å². The van der Waals surface area contributed by atoms with Gasteiger partial charge in [-0.25, -0.2) is 0 Å². The summed E-state index contributed by atoms with van der Waals surface area (Å²) < 4.78 is 37.7. The van der Waals surface area contributed by atoms with Gasteiger partial charge >= 0.3 is 6.18 Å². The summed E-state index contributed by atoms with van der Waals surface area (Å²) in [6, 6.07) is 11.1. The van der Waals surface area contributed by atoms with Crippen LogP contribution in [0.4, 0.5) is 13.2 Å². The van der Waals surface area contributed by atoms with Crippen LogP contribution in [0.5, 0.6) is 5.75 Å². The molecule has 0 saturated heterocycles. The van der Waals surface area contributed by atoms with Gasteiger partial charge in [0.1, 0.15) is 11.0 Å². The Balaban J connectivity index is 1.58. The van der Waals surface area contributed by atoms with E-state index < -0.39 is 17.0 Å². The van der Waals surface area contributed by atoms with Crippen LogP contribution in [0.25, 0.3) is 0 Å². The molecule has 0 fully saturated rings. The molecule has 1 aliphatic heterocycles. The molecule has 3 rings (SSSR count). The summed E-state index contributed by atoms with van der Waals surface area (Å²) >= 11 is 1.33. The SMILES string of the molecule is CC1N=C(c2ccc(O)cc2)SC1C(=O)NCc1ccc(C(F)(F)F)cc1. The predicted molar refractivity (Wildman–Crippen MR) is 98.8 cm³/mol. The molecular formula is C19H17F3N2O2S. The van der Waals surface area contributed by atoms with E-state index in [4.69, 9.17) is 0 Å². The van der Waals surface area contributed by atoms with Gasteiger partial charge in [-0.3, -0.25) is 9.79 Å². The van der Waals surface area contributed by atoms with Crippen LogP contribution in [-0.4, -0.2) is 27.3 Å². The first-order valence-electron chi connectivity index (χ1n) is 8.22. The van der Waals surface area contributed by atoms with E-state index in [1.165, 1.54) is 23.9 Å². The molecule has 4 nitrogen and oxygen atoms in total. The fourth-order valence-corrected chi connectivity index (χ4v) is 3.81. The third-order valence-electron chi connectivity index (χ3n) is 4.12. The summed E-state index contributed by atoms with van der Waals surface area (Å²) in [4.78, 5) is 17.0. The molecule has 2 aromatic rings. The summed E-state index contributed by atoms with van der Waals surface area (Å²) in [5, 5.41) is 12.4. The van der Waals surface area contributed by atoms with E-state index in [9.17, 15) is 23.1 Å². The van der Waals surface area contributed by atoms with Crippen LogP contribution in [-0.2, 0) is 17.5 Å². The maximum Gasteiger partial charge on any atom is 0.416 e. The average molecular weight is 394 g/mol. The number of phenolic OH excluding ortho intramolecular Hbond substituents is 1. The van der Waals surface area contributed by atoms with Crippen molar-refractivity contribution in [3.05, 3.63) is 65.2 Å². The number of hydrogen-bond acceptors (Lipinski definition) is 4. The molecule has 2 atom stereocenters. The van der Waals surface area contributed by atoms with Crippen molar-refractivity contribution in [1.29, 1.82) is 0 Å². The first-order valence-corrected chi connectivity index (χ1v) is 9.10. The van der Waals surface area contributed by atoms with E-state index in [1.807, 2.05) is 6.92 Å². The molecule has 1 aliphatic rings. The Hall–Kier alpha value is -2.48. The van der Waals surface area contributed by atoms with Crippen LogP contribution in [0.2, 0.25) is 0 Å². The van der Waals surface area contributed by atoms with Crippen LogP contribution in [0.3, 0.4) is 0 Å². The Morgan fingerprint density at radius 1 is 1.15 bits per heavy atom. The van der Waals surface area contributed by atoms with E-state index in [-0.39, 0.29) is 24.2 Å². The van der Waals surface area contributed by atoms with Gasteiger partial charge in [0.05, 0.1) is 16.6 Å². The van der Waals surface area contributed by atoms with E-state index in [0.29, 0.717) is 5.56 Å². The molecule has 1 amide bonds. The number of benzene rings is 2. The summed E-state index contributed by atoms with van der Waals surface area (Å²) in [5.41, 5.74) is 0.693. The highest BCUT2D eigenvalue weighted by molar-refractivity contribution is 8.15. The zero-order valence-electron chi connectivity index (χ0n) is 14.3. The number of phenols is 1. The number of aliphatic imine (C=N–C) groups is 1. The third-order valence-corrected chi connectivity index (χ3v) is 5.54. The number of rotatable bonds is 4. The quantitative estimate of drug-likeness (QED) is 0.825. The number of amides is 1. The number of nitrogens with zero attached hydrogens (tertiary/aromatic N) is 1. The minimum atomic E-state index is -4.38. The normalized spacial score (nSPS) is 19.6. The van der Waals surface area contributed by atoms with Gasteiger partial charge in [0.2, 0.25) is 5.91 Å². The fraction of sp³-hybridized carbons (Fsp3) is 0.263. The maximum absolute atomic E-state index is 12.6. The van der Waals surface area contributed by atoms with Gasteiger partial charge in [0.25, 0.3) is 0 Å². The van der Waals surface area contributed by atoms with Crippen molar-refractivity contribution in [2.75, 3.05) is 0 Å². The van der Waals surface area contributed by atoms with E-state index in [1.54, 1.807) is 24.3 Å². The highest BCUT2D eigenvalue weighted by Crippen LogP contribution is 2.31.